The Bertz CT molecular complexity index is 459. The maximum Gasteiger partial charge on any atom is -0.0245 e. The van der Waals surface area contributed by atoms with Gasteiger partial charge in [0.25, 0.3) is 0 Å². The molecule has 0 spiro atoms. The molecule has 0 amide bonds. The van der Waals surface area contributed by atoms with Crippen molar-refractivity contribution >= 4 is 0 Å². The van der Waals surface area contributed by atoms with Crippen LogP contribution in [0.3, 0.4) is 0 Å². The Morgan fingerprint density at radius 1 is 0.692 bits per heavy atom. The minimum atomic E-state index is 0.879. The summed E-state index contributed by atoms with van der Waals surface area (Å²) < 4.78 is 0. The summed E-state index contributed by atoms with van der Waals surface area (Å²) in [7, 11) is 0. The first kappa shape index (κ1) is 21.5. The van der Waals surface area contributed by atoms with Crippen molar-refractivity contribution in [3.05, 3.63) is 35.4 Å². The average molecular weight is 357 g/mol. The second-order valence-electron chi connectivity index (χ2n) is 9.44. The highest BCUT2D eigenvalue weighted by Crippen LogP contribution is 2.39. The van der Waals surface area contributed by atoms with E-state index in [1.54, 1.807) is 5.56 Å². The van der Waals surface area contributed by atoms with Crippen LogP contribution in [0.1, 0.15) is 103 Å². The third-order valence-corrected chi connectivity index (χ3v) is 6.82. The topological polar surface area (TPSA) is 0 Å². The Labute approximate surface area is 164 Å². The molecule has 1 aliphatic carbocycles. The van der Waals surface area contributed by atoms with Crippen molar-refractivity contribution in [2.45, 2.75) is 105 Å². The molecule has 1 aromatic rings. The molecular weight excluding hydrogens is 312 g/mol. The molecule has 0 heterocycles. The Morgan fingerprint density at radius 3 is 1.77 bits per heavy atom. The van der Waals surface area contributed by atoms with Gasteiger partial charge in [-0.15, -0.1) is 0 Å². The van der Waals surface area contributed by atoms with Crippen molar-refractivity contribution in [2.24, 2.45) is 23.7 Å². The van der Waals surface area contributed by atoms with Crippen LogP contribution in [0.5, 0.6) is 0 Å². The van der Waals surface area contributed by atoms with Crippen LogP contribution in [0, 0.1) is 23.7 Å². The summed E-state index contributed by atoms with van der Waals surface area (Å²) in [5.74, 6) is 3.56. The van der Waals surface area contributed by atoms with Crippen LogP contribution in [-0.4, -0.2) is 0 Å². The molecule has 2 rings (SSSR count). The van der Waals surface area contributed by atoms with Gasteiger partial charge in [-0.25, -0.2) is 0 Å². The Morgan fingerprint density at radius 2 is 1.19 bits per heavy atom. The maximum atomic E-state index is 2.48. The number of rotatable bonds is 11. The fraction of sp³-hybridized carbons (Fsp3) is 0.769. The van der Waals surface area contributed by atoms with Crippen LogP contribution < -0.4 is 0 Å². The lowest BCUT2D eigenvalue weighted by molar-refractivity contribution is 0.135. The molecule has 2 atom stereocenters. The fourth-order valence-corrected chi connectivity index (χ4v) is 5.26. The van der Waals surface area contributed by atoms with Crippen LogP contribution in [0.15, 0.2) is 24.3 Å². The van der Waals surface area contributed by atoms with Gasteiger partial charge in [0.05, 0.1) is 0 Å². The first-order valence-electron chi connectivity index (χ1n) is 11.7. The van der Waals surface area contributed by atoms with E-state index in [0.29, 0.717) is 0 Å². The van der Waals surface area contributed by atoms with Gasteiger partial charge in [-0.2, -0.15) is 0 Å². The zero-order valence-corrected chi connectivity index (χ0v) is 18.1. The molecule has 0 saturated heterocycles. The van der Waals surface area contributed by atoms with Gasteiger partial charge in [-0.3, -0.25) is 0 Å². The van der Waals surface area contributed by atoms with E-state index in [9.17, 15) is 0 Å². The molecular formula is C26H44. The second kappa shape index (κ2) is 11.8. The van der Waals surface area contributed by atoms with Crippen molar-refractivity contribution in [1.29, 1.82) is 0 Å². The van der Waals surface area contributed by atoms with Gasteiger partial charge < -0.3 is 0 Å². The Balaban J connectivity index is 1.66. The predicted octanol–water partition coefficient (Wildman–Crippen LogP) is 8.23. The monoisotopic (exact) mass is 356 g/mol. The molecule has 1 fully saturated rings. The minimum absolute atomic E-state index is 0.879. The van der Waals surface area contributed by atoms with E-state index < -0.39 is 0 Å². The zero-order chi connectivity index (χ0) is 18.8. The third kappa shape index (κ3) is 7.45. The third-order valence-electron chi connectivity index (χ3n) is 6.82. The lowest BCUT2D eigenvalue weighted by Gasteiger charge is -2.38. The fourth-order valence-electron chi connectivity index (χ4n) is 5.26. The van der Waals surface area contributed by atoms with Gasteiger partial charge in [-0.05, 0) is 66.9 Å². The highest BCUT2D eigenvalue weighted by molar-refractivity contribution is 5.23. The first-order valence-corrected chi connectivity index (χ1v) is 11.7. The van der Waals surface area contributed by atoms with Crippen LogP contribution >= 0.6 is 0 Å². The molecule has 0 heteroatoms. The SMILES string of the molecule is CCCCCCCCCCc1ccc(CC2C(C)CC(C)CC2C)cc1. The zero-order valence-electron chi connectivity index (χ0n) is 18.1. The molecule has 0 radical (unpaired) electrons. The van der Waals surface area contributed by atoms with Gasteiger partial charge in [-0.1, -0.05) is 96.9 Å². The smallest absolute Gasteiger partial charge is 0.0245 e. The van der Waals surface area contributed by atoms with E-state index in [0.717, 1.165) is 23.7 Å². The number of benzene rings is 1. The first-order chi connectivity index (χ1) is 12.6. The number of aryl methyl sites for hydroxylation is 1. The molecule has 0 N–H and O–H groups in total. The summed E-state index contributed by atoms with van der Waals surface area (Å²) in [5.41, 5.74) is 3.10. The van der Waals surface area contributed by atoms with Crippen LogP contribution in [0.25, 0.3) is 0 Å². The summed E-state index contributed by atoms with van der Waals surface area (Å²) in [6.07, 6.45) is 16.7. The Hall–Kier alpha value is -0.780. The predicted molar refractivity (Wildman–Crippen MR) is 117 cm³/mol. The highest BCUT2D eigenvalue weighted by Gasteiger charge is 2.31. The van der Waals surface area contributed by atoms with Crippen LogP contribution in [0.4, 0.5) is 0 Å². The summed E-state index contributed by atoms with van der Waals surface area (Å²) in [4.78, 5) is 0. The van der Waals surface area contributed by atoms with Crippen LogP contribution in [0.2, 0.25) is 0 Å². The largest absolute Gasteiger partial charge is 0.0654 e. The molecule has 0 bridgehead atoms. The summed E-state index contributed by atoms with van der Waals surface area (Å²) in [5, 5.41) is 0. The molecule has 0 aromatic heterocycles. The maximum absolute atomic E-state index is 2.48. The van der Waals surface area contributed by atoms with Gasteiger partial charge >= 0.3 is 0 Å². The van der Waals surface area contributed by atoms with Crippen molar-refractivity contribution in [3.8, 4) is 0 Å². The molecule has 0 nitrogen and oxygen atoms in total. The molecule has 2 unspecified atom stereocenters. The number of unbranched alkanes of at least 4 members (excludes halogenated alkanes) is 7. The molecule has 1 aromatic carbocycles. The van der Waals surface area contributed by atoms with Crippen LogP contribution in [-0.2, 0) is 12.8 Å². The molecule has 1 saturated carbocycles. The van der Waals surface area contributed by atoms with Crippen molar-refractivity contribution in [1.82, 2.24) is 0 Å². The quantitative estimate of drug-likeness (QED) is 0.350. The van der Waals surface area contributed by atoms with Crippen molar-refractivity contribution in [3.63, 3.8) is 0 Å². The standard InChI is InChI=1S/C26H44/c1-5-6-7-8-9-10-11-12-13-24-14-16-25(17-15-24)20-26-22(3)18-21(2)19-23(26)4/h14-17,21-23,26H,5-13,18-20H2,1-4H3. The van der Waals surface area contributed by atoms with Crippen molar-refractivity contribution in [2.75, 3.05) is 0 Å². The van der Waals surface area contributed by atoms with E-state index in [-0.39, 0.29) is 0 Å². The summed E-state index contributed by atoms with van der Waals surface area (Å²) in [6, 6.07) is 9.63. The second-order valence-corrected chi connectivity index (χ2v) is 9.44. The van der Waals surface area contributed by atoms with E-state index >= 15 is 0 Å². The summed E-state index contributed by atoms with van der Waals surface area (Å²) >= 11 is 0. The number of hydrogen-bond acceptors (Lipinski definition) is 0. The van der Waals surface area contributed by atoms with Gasteiger partial charge in [0.15, 0.2) is 0 Å². The van der Waals surface area contributed by atoms with E-state index in [4.69, 9.17) is 0 Å². The van der Waals surface area contributed by atoms with E-state index in [1.165, 1.54) is 82.6 Å². The average Bonchev–Trinajstić information content (AvgIpc) is 2.61. The molecule has 148 valence electrons. The van der Waals surface area contributed by atoms with E-state index in [2.05, 4.69) is 52.0 Å². The minimum Gasteiger partial charge on any atom is -0.0654 e. The van der Waals surface area contributed by atoms with Crippen molar-refractivity contribution < 1.29 is 0 Å². The van der Waals surface area contributed by atoms with Gasteiger partial charge in [0, 0.05) is 0 Å². The lowest BCUT2D eigenvalue weighted by Crippen LogP contribution is -2.30. The summed E-state index contributed by atoms with van der Waals surface area (Å²) in [6.45, 7) is 9.69. The molecule has 0 aliphatic heterocycles. The highest BCUT2D eigenvalue weighted by atomic mass is 14.4. The van der Waals surface area contributed by atoms with Gasteiger partial charge in [0.2, 0.25) is 0 Å². The van der Waals surface area contributed by atoms with E-state index in [1.807, 2.05) is 0 Å². The normalized spacial score (nSPS) is 26.2. The lowest BCUT2D eigenvalue weighted by atomic mass is 9.67. The number of hydrogen-bond donors (Lipinski definition) is 0. The Kier molecular flexibility index (Phi) is 9.79. The molecule has 1 aliphatic rings. The van der Waals surface area contributed by atoms with Gasteiger partial charge in [0.1, 0.15) is 0 Å². The molecule has 26 heavy (non-hydrogen) atoms.